The summed E-state index contributed by atoms with van der Waals surface area (Å²) in [7, 11) is 0. The summed E-state index contributed by atoms with van der Waals surface area (Å²) >= 11 is 3.39. The minimum atomic E-state index is -0.159. The van der Waals surface area contributed by atoms with Gasteiger partial charge in [-0.25, -0.2) is 0 Å². The van der Waals surface area contributed by atoms with E-state index >= 15 is 0 Å². The van der Waals surface area contributed by atoms with Gasteiger partial charge < -0.3 is 10.1 Å². The summed E-state index contributed by atoms with van der Waals surface area (Å²) in [6, 6.07) is 15.8. The van der Waals surface area contributed by atoms with E-state index in [9.17, 15) is 4.79 Å². The zero-order valence-electron chi connectivity index (χ0n) is 15.8. The first kappa shape index (κ1) is 20.5. The number of halogens is 1. The van der Waals surface area contributed by atoms with Crippen LogP contribution in [0.4, 0.5) is 5.69 Å². The molecule has 2 rings (SSSR count). The fraction of sp³-hybridized carbons (Fsp3) is 0.381. The van der Waals surface area contributed by atoms with Gasteiger partial charge in [-0.15, -0.1) is 0 Å². The Morgan fingerprint density at radius 1 is 1.08 bits per heavy atom. The molecule has 0 unspecified atom stereocenters. The molecular formula is C21H27BrN2O2. The minimum Gasteiger partial charge on any atom is -0.490 e. The molecule has 0 aliphatic heterocycles. The summed E-state index contributed by atoms with van der Waals surface area (Å²) in [5, 5.41) is 2.94. The summed E-state index contributed by atoms with van der Waals surface area (Å²) in [6.45, 7) is 10.2. The Labute approximate surface area is 164 Å². The highest BCUT2D eigenvalue weighted by Gasteiger charge is 2.14. The Hall–Kier alpha value is -1.85. The molecule has 2 aromatic carbocycles. The topological polar surface area (TPSA) is 41.6 Å². The third kappa shape index (κ3) is 5.85. The van der Waals surface area contributed by atoms with Crippen molar-refractivity contribution < 1.29 is 9.53 Å². The molecule has 1 N–H and O–H groups in total. The van der Waals surface area contributed by atoms with Crippen LogP contribution >= 0.6 is 15.9 Å². The van der Waals surface area contributed by atoms with Crippen molar-refractivity contribution in [1.82, 2.24) is 4.90 Å². The van der Waals surface area contributed by atoms with Crippen molar-refractivity contribution in [2.45, 2.75) is 39.8 Å². The van der Waals surface area contributed by atoms with Gasteiger partial charge >= 0.3 is 0 Å². The zero-order valence-corrected chi connectivity index (χ0v) is 17.4. The van der Waals surface area contributed by atoms with Crippen LogP contribution in [0.15, 0.2) is 53.0 Å². The van der Waals surface area contributed by atoms with E-state index in [4.69, 9.17) is 4.74 Å². The fourth-order valence-electron chi connectivity index (χ4n) is 2.89. The Kier molecular flexibility index (Phi) is 7.66. The highest BCUT2D eigenvalue weighted by atomic mass is 79.9. The highest BCUT2D eigenvalue weighted by molar-refractivity contribution is 9.10. The summed E-state index contributed by atoms with van der Waals surface area (Å²) in [5.74, 6) is 0.525. The summed E-state index contributed by atoms with van der Waals surface area (Å²) < 4.78 is 6.84. The van der Waals surface area contributed by atoms with Crippen molar-refractivity contribution in [1.29, 1.82) is 0 Å². The lowest BCUT2D eigenvalue weighted by Gasteiger charge is -2.30. The van der Waals surface area contributed by atoms with Gasteiger partial charge in [-0.1, -0.05) is 34.1 Å². The van der Waals surface area contributed by atoms with Gasteiger partial charge in [0.1, 0.15) is 12.4 Å². The number of carbonyl (C=O) groups excluding carboxylic acids is 1. The second-order valence-corrected chi connectivity index (χ2v) is 7.65. The lowest BCUT2D eigenvalue weighted by molar-refractivity contribution is 0.102. The Balaban J connectivity index is 2.02. The molecule has 0 saturated heterocycles. The molecule has 1 amide bonds. The first-order chi connectivity index (χ1) is 12.4. The first-order valence-corrected chi connectivity index (χ1v) is 9.72. The van der Waals surface area contributed by atoms with E-state index in [2.05, 4.69) is 53.8 Å². The molecule has 0 radical (unpaired) electrons. The van der Waals surface area contributed by atoms with Crippen molar-refractivity contribution >= 4 is 27.5 Å². The van der Waals surface area contributed by atoms with Crippen molar-refractivity contribution in [2.24, 2.45) is 0 Å². The number of para-hydroxylation sites is 2. The number of anilines is 1. The maximum Gasteiger partial charge on any atom is 0.255 e. The molecule has 0 spiro atoms. The van der Waals surface area contributed by atoms with Crippen molar-refractivity contribution in [2.75, 3.05) is 18.5 Å². The van der Waals surface area contributed by atoms with Crippen molar-refractivity contribution in [3.8, 4) is 5.75 Å². The molecular weight excluding hydrogens is 392 g/mol. The molecule has 140 valence electrons. The van der Waals surface area contributed by atoms with Gasteiger partial charge in [0, 0.05) is 28.7 Å². The fourth-order valence-corrected chi connectivity index (χ4v) is 3.29. The van der Waals surface area contributed by atoms with Crippen LogP contribution in [0.1, 0.15) is 38.1 Å². The van der Waals surface area contributed by atoms with E-state index < -0.39 is 0 Å². The van der Waals surface area contributed by atoms with Crippen LogP contribution in [0.25, 0.3) is 0 Å². The van der Waals surface area contributed by atoms with E-state index in [1.807, 2.05) is 36.4 Å². The smallest absolute Gasteiger partial charge is 0.255 e. The van der Waals surface area contributed by atoms with Gasteiger partial charge in [0.25, 0.3) is 5.91 Å². The maximum atomic E-state index is 12.5. The van der Waals surface area contributed by atoms with Crippen LogP contribution in [0.2, 0.25) is 0 Å². The summed E-state index contributed by atoms with van der Waals surface area (Å²) in [5.41, 5.74) is 1.28. The predicted octanol–water partition coefficient (Wildman–Crippen LogP) is 5.20. The second-order valence-electron chi connectivity index (χ2n) is 6.73. The predicted molar refractivity (Wildman–Crippen MR) is 111 cm³/mol. The van der Waals surface area contributed by atoms with E-state index in [1.165, 1.54) is 0 Å². The maximum absolute atomic E-state index is 12.5. The number of carbonyl (C=O) groups is 1. The molecule has 5 heteroatoms. The Bertz CT molecular complexity index is 723. The van der Waals surface area contributed by atoms with Crippen LogP contribution < -0.4 is 10.1 Å². The number of rotatable bonds is 8. The number of nitrogens with one attached hydrogen (secondary N) is 1. The molecule has 0 atom stereocenters. The molecule has 0 fully saturated rings. The van der Waals surface area contributed by atoms with Gasteiger partial charge in [0.15, 0.2) is 0 Å². The van der Waals surface area contributed by atoms with E-state index in [0.29, 0.717) is 35.7 Å². The highest BCUT2D eigenvalue weighted by Crippen LogP contribution is 2.25. The van der Waals surface area contributed by atoms with Crippen molar-refractivity contribution in [3.63, 3.8) is 0 Å². The van der Waals surface area contributed by atoms with Crippen LogP contribution in [0.3, 0.4) is 0 Å². The summed E-state index contributed by atoms with van der Waals surface area (Å²) in [6.07, 6.45) is 0. The van der Waals surface area contributed by atoms with Gasteiger partial charge in [-0.3, -0.25) is 9.69 Å². The zero-order chi connectivity index (χ0) is 19.1. The quantitative estimate of drug-likeness (QED) is 0.640. The number of ether oxygens (including phenoxy) is 1. The molecule has 2 aromatic rings. The Morgan fingerprint density at radius 2 is 1.77 bits per heavy atom. The average Bonchev–Trinajstić information content (AvgIpc) is 2.59. The Morgan fingerprint density at radius 3 is 2.42 bits per heavy atom. The molecule has 0 aromatic heterocycles. The van der Waals surface area contributed by atoms with Crippen LogP contribution in [0, 0.1) is 0 Å². The largest absolute Gasteiger partial charge is 0.490 e. The molecule has 0 bridgehead atoms. The van der Waals surface area contributed by atoms with Gasteiger partial charge in [0.05, 0.1) is 5.69 Å². The third-order valence-corrected chi connectivity index (χ3v) is 4.65. The lowest BCUT2D eigenvalue weighted by atomic mass is 10.2. The number of hydrogen-bond donors (Lipinski definition) is 1. The number of benzene rings is 2. The number of amides is 1. The average molecular weight is 419 g/mol. The van der Waals surface area contributed by atoms with Crippen LogP contribution in [0.5, 0.6) is 5.75 Å². The lowest BCUT2D eigenvalue weighted by Crippen LogP contribution is -2.39. The molecule has 0 heterocycles. The van der Waals surface area contributed by atoms with Crippen LogP contribution in [-0.2, 0) is 0 Å². The number of nitrogens with zero attached hydrogens (tertiary/aromatic N) is 1. The van der Waals surface area contributed by atoms with Gasteiger partial charge in [0.2, 0.25) is 0 Å². The van der Waals surface area contributed by atoms with E-state index in [0.717, 1.165) is 11.0 Å². The van der Waals surface area contributed by atoms with Gasteiger partial charge in [-0.05, 0) is 58.0 Å². The van der Waals surface area contributed by atoms with E-state index in [1.54, 1.807) is 12.1 Å². The number of hydrogen-bond acceptors (Lipinski definition) is 3. The molecule has 0 saturated carbocycles. The molecule has 4 nitrogen and oxygen atoms in total. The standard InChI is InChI=1S/C21H27BrN2O2/c1-15(2)24(16(3)4)12-13-26-20-11-6-5-10-19(20)23-21(25)17-8-7-9-18(22)14-17/h5-11,14-16H,12-13H2,1-4H3,(H,23,25). The minimum absolute atomic E-state index is 0.159. The summed E-state index contributed by atoms with van der Waals surface area (Å²) in [4.78, 5) is 14.9. The normalized spacial score (nSPS) is 11.2. The molecule has 0 aliphatic carbocycles. The van der Waals surface area contributed by atoms with Crippen molar-refractivity contribution in [3.05, 3.63) is 58.6 Å². The molecule has 26 heavy (non-hydrogen) atoms. The first-order valence-electron chi connectivity index (χ1n) is 8.93. The SMILES string of the molecule is CC(C)N(CCOc1ccccc1NC(=O)c1cccc(Br)c1)C(C)C. The second kappa shape index (κ2) is 9.74. The third-order valence-electron chi connectivity index (χ3n) is 4.16. The van der Waals surface area contributed by atoms with E-state index in [-0.39, 0.29) is 5.91 Å². The van der Waals surface area contributed by atoms with Crippen LogP contribution in [-0.4, -0.2) is 36.0 Å². The van der Waals surface area contributed by atoms with Gasteiger partial charge in [-0.2, -0.15) is 0 Å². The monoisotopic (exact) mass is 418 g/mol. The molecule has 0 aliphatic rings.